The Hall–Kier alpha value is -3.66. The number of aromatic hydroxyl groups is 1. The molecule has 172 valence electrons. The molecule has 3 atom stereocenters. The number of phenolic OH excluding ortho intramolecular Hbond substituents is 1. The van der Waals surface area contributed by atoms with E-state index in [0.29, 0.717) is 11.5 Å². The summed E-state index contributed by atoms with van der Waals surface area (Å²) in [6, 6.07) is 3.26. The minimum atomic E-state index is -2.82. The summed E-state index contributed by atoms with van der Waals surface area (Å²) in [5, 5.41) is 47.2. The molecule has 0 bridgehead atoms. The number of primary amides is 1. The van der Waals surface area contributed by atoms with E-state index in [-0.39, 0.29) is 35.4 Å². The van der Waals surface area contributed by atoms with Crippen molar-refractivity contribution in [3.05, 3.63) is 45.7 Å². The first kappa shape index (κ1) is 21.2. The summed E-state index contributed by atoms with van der Waals surface area (Å²) in [5.74, 6) is -7.05. The standard InChI is InChI=1S/C23H22N2O8/c1-33-25-17-12-7-9-6-11-10(8-2-3-8)4-5-13(26)15(11)18(27)14(9)20(29)23(12,32)21(30)16(19(17)28)22(24)31/h4-5,8-9,12,26-28,32H,2-3,6-7H2,1H3,(H2,24,31)/b25-17-/t9-,12-,23-/m0/s1. The van der Waals surface area contributed by atoms with E-state index in [2.05, 4.69) is 5.16 Å². The molecular weight excluding hydrogens is 432 g/mol. The van der Waals surface area contributed by atoms with Crippen LogP contribution >= 0.6 is 0 Å². The number of oxime groups is 1. The molecule has 0 saturated heterocycles. The van der Waals surface area contributed by atoms with Gasteiger partial charge in [0.15, 0.2) is 11.4 Å². The molecule has 0 radical (unpaired) electrons. The van der Waals surface area contributed by atoms with Gasteiger partial charge in [0.1, 0.15) is 29.9 Å². The molecule has 1 aromatic carbocycles. The fourth-order valence-electron chi connectivity index (χ4n) is 5.50. The first-order valence-electron chi connectivity index (χ1n) is 10.6. The average Bonchev–Trinajstić information content (AvgIpc) is 3.58. The Balaban J connectivity index is 1.73. The minimum absolute atomic E-state index is 0.0507. The van der Waals surface area contributed by atoms with Crippen molar-refractivity contribution in [2.24, 2.45) is 22.7 Å². The Bertz CT molecular complexity index is 1240. The zero-order chi connectivity index (χ0) is 23.8. The quantitative estimate of drug-likeness (QED) is 0.254. The van der Waals surface area contributed by atoms with Crippen molar-refractivity contribution < 1.29 is 39.6 Å². The number of phenols is 1. The second kappa shape index (κ2) is 6.92. The Labute approximate surface area is 187 Å². The molecule has 2 fully saturated rings. The third-order valence-electron chi connectivity index (χ3n) is 7.13. The molecule has 0 spiro atoms. The van der Waals surface area contributed by atoms with Crippen LogP contribution in [0.25, 0.3) is 5.76 Å². The lowest BCUT2D eigenvalue weighted by atomic mass is 9.58. The molecule has 2 saturated carbocycles. The largest absolute Gasteiger partial charge is 0.507 e. The number of Topliss-reactive ketones (excluding diaryl/α,β-unsaturated/α-hetero) is 2. The molecule has 6 N–H and O–H groups in total. The van der Waals surface area contributed by atoms with E-state index in [1.54, 1.807) is 6.07 Å². The van der Waals surface area contributed by atoms with Gasteiger partial charge < -0.3 is 31.0 Å². The molecular formula is C23H22N2O8. The van der Waals surface area contributed by atoms with Crippen LogP contribution in [0.15, 0.2) is 34.2 Å². The summed E-state index contributed by atoms with van der Waals surface area (Å²) in [4.78, 5) is 43.3. The molecule has 0 aromatic heterocycles. The molecule has 33 heavy (non-hydrogen) atoms. The van der Waals surface area contributed by atoms with Crippen LogP contribution in [0, 0.1) is 11.8 Å². The van der Waals surface area contributed by atoms with Gasteiger partial charge in [-0.25, -0.2) is 0 Å². The van der Waals surface area contributed by atoms with Crippen molar-refractivity contribution >= 4 is 28.9 Å². The molecule has 5 rings (SSSR count). The fourth-order valence-corrected chi connectivity index (χ4v) is 5.50. The number of ketones is 2. The normalized spacial score (nSPS) is 30.2. The van der Waals surface area contributed by atoms with Crippen molar-refractivity contribution in [1.29, 1.82) is 0 Å². The van der Waals surface area contributed by atoms with Crippen molar-refractivity contribution in [2.45, 2.75) is 37.2 Å². The van der Waals surface area contributed by atoms with Crippen LogP contribution in [-0.4, -0.2) is 56.3 Å². The van der Waals surface area contributed by atoms with Crippen molar-refractivity contribution in [3.63, 3.8) is 0 Å². The molecule has 4 aliphatic carbocycles. The first-order valence-corrected chi connectivity index (χ1v) is 10.6. The molecule has 0 unspecified atom stereocenters. The number of carbonyl (C=O) groups is 3. The van der Waals surface area contributed by atoms with Crippen LogP contribution in [0.2, 0.25) is 0 Å². The number of amides is 1. The van der Waals surface area contributed by atoms with Crippen LogP contribution in [0.4, 0.5) is 0 Å². The van der Waals surface area contributed by atoms with E-state index in [0.717, 1.165) is 18.4 Å². The van der Waals surface area contributed by atoms with Crippen LogP contribution < -0.4 is 5.73 Å². The smallest absolute Gasteiger partial charge is 0.256 e. The maximum atomic E-state index is 13.6. The fraction of sp³-hybridized carbons (Fsp3) is 0.391. The van der Waals surface area contributed by atoms with Crippen LogP contribution in [0.3, 0.4) is 0 Å². The number of hydrogen-bond donors (Lipinski definition) is 5. The number of allylic oxidation sites excluding steroid dienone is 1. The number of nitrogens with two attached hydrogens (primary N) is 1. The second-order valence-corrected chi connectivity index (χ2v) is 8.92. The summed E-state index contributed by atoms with van der Waals surface area (Å²) in [7, 11) is 1.17. The second-order valence-electron chi connectivity index (χ2n) is 8.92. The van der Waals surface area contributed by atoms with Crippen molar-refractivity contribution in [3.8, 4) is 5.75 Å². The summed E-state index contributed by atoms with van der Waals surface area (Å²) in [6.45, 7) is 0. The van der Waals surface area contributed by atoms with Crippen LogP contribution in [-0.2, 0) is 25.6 Å². The molecule has 1 aromatic rings. The van der Waals surface area contributed by atoms with Crippen LogP contribution in [0.1, 0.15) is 41.9 Å². The number of aliphatic hydroxyl groups excluding tert-OH is 2. The van der Waals surface area contributed by atoms with Gasteiger partial charge in [0.05, 0.1) is 11.5 Å². The van der Waals surface area contributed by atoms with E-state index in [1.165, 1.54) is 13.2 Å². The lowest BCUT2D eigenvalue weighted by Crippen LogP contribution is -2.64. The summed E-state index contributed by atoms with van der Waals surface area (Å²) in [5.41, 5.74) is 2.70. The van der Waals surface area contributed by atoms with Gasteiger partial charge in [-0.05, 0) is 54.7 Å². The topological polar surface area (TPSA) is 180 Å². The van der Waals surface area contributed by atoms with Crippen LogP contribution in [0.5, 0.6) is 5.75 Å². The zero-order valence-corrected chi connectivity index (χ0v) is 17.7. The van der Waals surface area contributed by atoms with E-state index < -0.39 is 52.0 Å². The number of fused-ring (bicyclic) bond motifs is 3. The van der Waals surface area contributed by atoms with Gasteiger partial charge in [-0.3, -0.25) is 14.4 Å². The molecule has 0 heterocycles. The lowest BCUT2D eigenvalue weighted by Gasteiger charge is -2.45. The third kappa shape index (κ3) is 2.70. The van der Waals surface area contributed by atoms with Gasteiger partial charge in [0.2, 0.25) is 11.6 Å². The first-order chi connectivity index (χ1) is 15.6. The van der Waals surface area contributed by atoms with E-state index >= 15 is 0 Å². The van der Waals surface area contributed by atoms with Gasteiger partial charge in [0.25, 0.3) is 5.91 Å². The minimum Gasteiger partial charge on any atom is -0.507 e. The SMILES string of the molecule is CO/N=C1\C(O)=C(C(N)=O)C(=O)[C@@]2(O)C(=O)C3=C(O)c4c(O)ccc(C5CC5)c4C[C@H]3C[C@@H]12. The molecule has 10 nitrogen and oxygen atoms in total. The number of hydrogen-bond acceptors (Lipinski definition) is 9. The number of carbonyl (C=O) groups excluding carboxylic acids is 3. The van der Waals surface area contributed by atoms with Gasteiger partial charge >= 0.3 is 0 Å². The predicted octanol–water partition coefficient (Wildman–Crippen LogP) is 0.914. The Morgan fingerprint density at radius 1 is 1.12 bits per heavy atom. The van der Waals surface area contributed by atoms with E-state index in [9.17, 15) is 34.8 Å². The Kier molecular flexibility index (Phi) is 4.44. The number of nitrogens with zero attached hydrogens (tertiary/aromatic N) is 1. The number of aliphatic hydroxyl groups is 3. The predicted molar refractivity (Wildman–Crippen MR) is 113 cm³/mol. The van der Waals surface area contributed by atoms with E-state index in [4.69, 9.17) is 10.6 Å². The maximum Gasteiger partial charge on any atom is 0.256 e. The van der Waals surface area contributed by atoms with Crippen molar-refractivity contribution in [1.82, 2.24) is 0 Å². The number of benzene rings is 1. The molecule has 4 aliphatic rings. The zero-order valence-electron chi connectivity index (χ0n) is 17.7. The maximum absolute atomic E-state index is 13.6. The highest BCUT2D eigenvalue weighted by molar-refractivity contribution is 6.38. The molecule has 10 heteroatoms. The summed E-state index contributed by atoms with van der Waals surface area (Å²) >= 11 is 0. The average molecular weight is 454 g/mol. The Morgan fingerprint density at radius 3 is 2.42 bits per heavy atom. The summed E-state index contributed by atoms with van der Waals surface area (Å²) < 4.78 is 0. The van der Waals surface area contributed by atoms with E-state index in [1.807, 2.05) is 0 Å². The molecule has 0 aliphatic heterocycles. The summed E-state index contributed by atoms with van der Waals surface area (Å²) in [6.07, 6.45) is 2.18. The number of rotatable bonds is 3. The highest BCUT2D eigenvalue weighted by Gasteiger charge is 2.64. The van der Waals surface area contributed by atoms with Gasteiger partial charge in [-0.1, -0.05) is 11.2 Å². The Morgan fingerprint density at radius 2 is 1.82 bits per heavy atom. The monoisotopic (exact) mass is 454 g/mol. The highest BCUT2D eigenvalue weighted by Crippen LogP contribution is 2.53. The van der Waals surface area contributed by atoms with Crippen molar-refractivity contribution in [2.75, 3.05) is 7.11 Å². The highest BCUT2D eigenvalue weighted by atomic mass is 16.6. The molecule has 1 amide bonds. The van der Waals surface area contributed by atoms with Gasteiger partial charge in [0, 0.05) is 5.57 Å². The lowest BCUT2D eigenvalue weighted by molar-refractivity contribution is -0.153. The van der Waals surface area contributed by atoms with Gasteiger partial charge in [-0.15, -0.1) is 0 Å². The third-order valence-corrected chi connectivity index (χ3v) is 7.13. The van der Waals surface area contributed by atoms with Gasteiger partial charge in [-0.2, -0.15) is 0 Å².